The predicted octanol–water partition coefficient (Wildman–Crippen LogP) is 0.563. The van der Waals surface area contributed by atoms with Gasteiger partial charge >= 0.3 is 10.4 Å². The summed E-state index contributed by atoms with van der Waals surface area (Å²) in [6.07, 6.45) is -3.26. The summed E-state index contributed by atoms with van der Waals surface area (Å²) >= 11 is 0. The van der Waals surface area contributed by atoms with Crippen molar-refractivity contribution >= 4 is 16.9 Å². The van der Waals surface area contributed by atoms with E-state index in [4.69, 9.17) is 18.8 Å². The van der Waals surface area contributed by atoms with Gasteiger partial charge in [0.05, 0.1) is 31.5 Å². The van der Waals surface area contributed by atoms with Gasteiger partial charge in [0.15, 0.2) is 6.10 Å². The van der Waals surface area contributed by atoms with Crippen LogP contribution in [0.1, 0.15) is 34.1 Å². The molecule has 0 radical (unpaired) electrons. The Bertz CT molecular complexity index is 505. The van der Waals surface area contributed by atoms with Gasteiger partial charge in [-0.15, -0.1) is 0 Å². The average Bonchev–Trinajstić information content (AvgIpc) is 2.46. The zero-order valence-corrected chi connectivity index (χ0v) is 15.7. The molecule has 1 aliphatic rings. The van der Waals surface area contributed by atoms with Crippen LogP contribution in [0.25, 0.3) is 0 Å². The Labute approximate surface area is 148 Å². The molecule has 1 saturated heterocycles. The van der Waals surface area contributed by atoms with E-state index in [2.05, 4.69) is 4.18 Å². The van der Waals surface area contributed by atoms with E-state index in [-0.39, 0.29) is 38.1 Å². The highest BCUT2D eigenvalue weighted by Crippen LogP contribution is 2.29. The molecule has 1 aliphatic heterocycles. The van der Waals surface area contributed by atoms with Crippen molar-refractivity contribution in [2.45, 2.75) is 64.6 Å². The highest BCUT2D eigenvalue weighted by atomic mass is 32.3. The zero-order chi connectivity index (χ0) is 19.2. The number of carbonyl (C=O) groups is 1. The van der Waals surface area contributed by atoms with Crippen LogP contribution in [0.4, 0.5) is 0 Å². The predicted molar refractivity (Wildman–Crippen MR) is 87.1 cm³/mol. The third-order valence-electron chi connectivity index (χ3n) is 3.96. The lowest BCUT2D eigenvalue weighted by atomic mass is 9.86. The van der Waals surface area contributed by atoms with E-state index >= 15 is 0 Å². The molecular formula is C15H28O9S. The minimum absolute atomic E-state index is 0.0155. The molecule has 0 aromatic heterocycles. The number of hydrogen-bond acceptors (Lipinski definition) is 8. The van der Waals surface area contributed by atoms with Crippen LogP contribution in [-0.4, -0.2) is 68.3 Å². The van der Waals surface area contributed by atoms with Crippen LogP contribution in [0.15, 0.2) is 0 Å². The highest BCUT2D eigenvalue weighted by molar-refractivity contribution is 7.80. The summed E-state index contributed by atoms with van der Waals surface area (Å²) in [6, 6.07) is 0. The summed E-state index contributed by atoms with van der Waals surface area (Å²) in [6.45, 7) is 7.22. The molecule has 5 atom stereocenters. The second-order valence-corrected chi connectivity index (χ2v) is 7.83. The maximum Gasteiger partial charge on any atom is 0.397 e. The van der Waals surface area contributed by atoms with Gasteiger partial charge in [0, 0.05) is 5.92 Å². The van der Waals surface area contributed by atoms with Gasteiger partial charge in [0.2, 0.25) is 0 Å². The van der Waals surface area contributed by atoms with Crippen molar-refractivity contribution in [3.63, 3.8) is 0 Å². The second-order valence-electron chi connectivity index (χ2n) is 6.74. The van der Waals surface area contributed by atoms with E-state index in [1.165, 1.54) is 0 Å². The first-order chi connectivity index (χ1) is 11.5. The summed E-state index contributed by atoms with van der Waals surface area (Å²) < 4.78 is 51.6. The first kappa shape index (κ1) is 22.3. The minimum atomic E-state index is -4.60. The van der Waals surface area contributed by atoms with Crippen LogP contribution in [-0.2, 0) is 33.6 Å². The van der Waals surface area contributed by atoms with E-state index in [1.807, 2.05) is 13.8 Å². The Kier molecular flexibility index (Phi) is 8.72. The Balaban J connectivity index is 3.01. The summed E-state index contributed by atoms with van der Waals surface area (Å²) in [5.41, 5.74) is 0. The molecule has 25 heavy (non-hydrogen) atoms. The Hall–Kier alpha value is -0.780. The topological polar surface area (TPSA) is 129 Å². The van der Waals surface area contributed by atoms with Gasteiger partial charge in [-0.05, 0) is 26.2 Å². The lowest BCUT2D eigenvalue weighted by molar-refractivity contribution is -0.190. The smallest absolute Gasteiger partial charge is 0.397 e. The minimum Gasteiger partial charge on any atom is -0.459 e. The average molecular weight is 384 g/mol. The van der Waals surface area contributed by atoms with Gasteiger partial charge in [0.25, 0.3) is 6.47 Å². The fourth-order valence-electron chi connectivity index (χ4n) is 3.02. The standard InChI is InChI=1S/C15H28O9S/c1-9(2)14-11(6-23-25(18,19)20)5-12(17)15(24-10(3)4)13(7-21-14)22-8-16/h8-15,17H,5-7H2,1-4H3,(H,18,19,20)/t11?,12-,13?,14-,15-/m0/s1. The van der Waals surface area contributed by atoms with E-state index in [1.54, 1.807) is 13.8 Å². The summed E-state index contributed by atoms with van der Waals surface area (Å²) in [5, 5.41) is 10.6. The quantitative estimate of drug-likeness (QED) is 0.455. The Morgan fingerprint density at radius 3 is 2.40 bits per heavy atom. The van der Waals surface area contributed by atoms with Crippen molar-refractivity contribution in [1.82, 2.24) is 0 Å². The Morgan fingerprint density at radius 2 is 1.92 bits per heavy atom. The van der Waals surface area contributed by atoms with Crippen molar-refractivity contribution in [1.29, 1.82) is 0 Å². The molecule has 1 heterocycles. The molecule has 0 aromatic rings. The van der Waals surface area contributed by atoms with E-state index in [0.717, 1.165) is 0 Å². The number of ether oxygens (including phenoxy) is 3. The van der Waals surface area contributed by atoms with E-state index in [9.17, 15) is 18.3 Å². The van der Waals surface area contributed by atoms with Gasteiger partial charge < -0.3 is 19.3 Å². The van der Waals surface area contributed by atoms with Crippen LogP contribution >= 0.6 is 0 Å². The molecule has 148 valence electrons. The number of rotatable bonds is 8. The van der Waals surface area contributed by atoms with Crippen LogP contribution in [0.5, 0.6) is 0 Å². The molecule has 2 unspecified atom stereocenters. The Morgan fingerprint density at radius 1 is 1.28 bits per heavy atom. The van der Waals surface area contributed by atoms with E-state index in [0.29, 0.717) is 0 Å². The zero-order valence-electron chi connectivity index (χ0n) is 14.9. The van der Waals surface area contributed by atoms with Crippen molar-refractivity contribution in [3.8, 4) is 0 Å². The molecule has 2 N–H and O–H groups in total. The third kappa shape index (κ3) is 7.55. The number of hydrogen-bond donors (Lipinski definition) is 2. The molecule has 0 bridgehead atoms. The van der Waals surface area contributed by atoms with Crippen LogP contribution in [0.2, 0.25) is 0 Å². The van der Waals surface area contributed by atoms with Gasteiger partial charge in [-0.3, -0.25) is 9.35 Å². The molecule has 1 rings (SSSR count). The third-order valence-corrected chi connectivity index (χ3v) is 4.39. The molecule has 0 aromatic carbocycles. The summed E-state index contributed by atoms with van der Waals surface area (Å²) in [5.74, 6) is -0.533. The van der Waals surface area contributed by atoms with Crippen molar-refractivity contribution in [2.75, 3.05) is 13.2 Å². The number of carbonyl (C=O) groups excluding carboxylic acids is 1. The van der Waals surface area contributed by atoms with Crippen LogP contribution in [0, 0.1) is 11.8 Å². The largest absolute Gasteiger partial charge is 0.459 e. The lowest BCUT2D eigenvalue weighted by Crippen LogP contribution is -2.51. The molecule has 1 fully saturated rings. The van der Waals surface area contributed by atoms with Gasteiger partial charge in [0.1, 0.15) is 6.10 Å². The molecule has 9 nitrogen and oxygen atoms in total. The monoisotopic (exact) mass is 384 g/mol. The molecular weight excluding hydrogens is 356 g/mol. The van der Waals surface area contributed by atoms with Gasteiger partial charge in [-0.25, -0.2) is 4.18 Å². The van der Waals surface area contributed by atoms with Crippen LogP contribution in [0.3, 0.4) is 0 Å². The normalized spacial score (nSPS) is 31.6. The van der Waals surface area contributed by atoms with Crippen LogP contribution < -0.4 is 0 Å². The van der Waals surface area contributed by atoms with Crippen molar-refractivity contribution < 1.29 is 41.3 Å². The fraction of sp³-hybridized carbons (Fsp3) is 0.933. The molecule has 0 spiro atoms. The number of aliphatic hydroxyl groups excluding tert-OH is 1. The van der Waals surface area contributed by atoms with Gasteiger partial charge in [-0.2, -0.15) is 8.42 Å². The maximum atomic E-state index is 10.9. The summed E-state index contributed by atoms with van der Waals surface area (Å²) in [4.78, 5) is 10.8. The maximum absolute atomic E-state index is 10.9. The molecule has 10 heteroatoms. The first-order valence-electron chi connectivity index (χ1n) is 8.21. The lowest BCUT2D eigenvalue weighted by Gasteiger charge is -2.39. The van der Waals surface area contributed by atoms with Crippen molar-refractivity contribution in [2.24, 2.45) is 11.8 Å². The SMILES string of the molecule is CC(C)O[C@@H]1C(OC=O)CO[C@@H](C(C)C)C(COS(=O)(=O)O)C[C@@H]1O. The highest BCUT2D eigenvalue weighted by Gasteiger charge is 2.40. The second kappa shape index (κ2) is 9.79. The summed E-state index contributed by atoms with van der Waals surface area (Å²) in [7, 11) is -4.60. The first-order valence-corrected chi connectivity index (χ1v) is 9.57. The number of aliphatic hydroxyl groups is 1. The van der Waals surface area contributed by atoms with E-state index < -0.39 is 40.7 Å². The van der Waals surface area contributed by atoms with Gasteiger partial charge in [-0.1, -0.05) is 13.8 Å². The molecule has 0 saturated carbocycles. The molecule has 0 amide bonds. The van der Waals surface area contributed by atoms with Crippen molar-refractivity contribution in [3.05, 3.63) is 0 Å². The molecule has 0 aliphatic carbocycles. The fourth-order valence-corrected chi connectivity index (χ4v) is 3.36.